The molecule has 0 aliphatic rings. The summed E-state index contributed by atoms with van der Waals surface area (Å²) in [7, 11) is 1.56. The third kappa shape index (κ3) is 5.69. The minimum absolute atomic E-state index is 0.556. The molecule has 1 N–H and O–H groups in total. The second-order valence-electron chi connectivity index (χ2n) is 4.58. The number of likely N-dealkylation sites (N-methyl/N-ethyl adjacent to an activating group) is 1. The van der Waals surface area contributed by atoms with Crippen molar-refractivity contribution in [3.8, 4) is 11.5 Å². The molecule has 6 heteroatoms. The van der Waals surface area contributed by atoms with Gasteiger partial charge in [0.05, 0.1) is 11.6 Å². The lowest BCUT2D eigenvalue weighted by Crippen LogP contribution is -2.28. The van der Waals surface area contributed by atoms with Crippen molar-refractivity contribution in [2.24, 2.45) is 0 Å². The number of hydrogen-bond donors (Lipinski definition) is 1. The van der Waals surface area contributed by atoms with Gasteiger partial charge in [-0.05, 0) is 52.8 Å². The Balaban J connectivity index is 2.84. The standard InChI is InChI=1S/C16H22BrNO4/c1-4-18(5-2)8-9-22-16-13(17)10-12(6-7-15(19)20)11-14(16)21-3/h6-7,10-11H,4-5,8-9H2,1-3H3,(H,19,20)/b7-6+. The first kappa shape index (κ1) is 18.5. The number of carboxylic acids is 1. The summed E-state index contributed by atoms with van der Waals surface area (Å²) in [4.78, 5) is 12.9. The number of carboxylic acid groups (broad SMARTS) is 1. The van der Waals surface area contributed by atoms with Gasteiger partial charge in [0.2, 0.25) is 0 Å². The van der Waals surface area contributed by atoms with Crippen LogP contribution in [0.1, 0.15) is 19.4 Å². The number of ether oxygens (including phenoxy) is 2. The van der Waals surface area contributed by atoms with E-state index in [1.54, 1.807) is 19.2 Å². The van der Waals surface area contributed by atoms with E-state index in [1.165, 1.54) is 6.08 Å². The van der Waals surface area contributed by atoms with Crippen LogP contribution in [-0.4, -0.2) is 49.3 Å². The predicted molar refractivity (Wildman–Crippen MR) is 90.6 cm³/mol. The number of halogens is 1. The number of aliphatic carboxylic acids is 1. The fraction of sp³-hybridized carbons (Fsp3) is 0.438. The van der Waals surface area contributed by atoms with E-state index >= 15 is 0 Å². The average Bonchev–Trinajstić information content (AvgIpc) is 2.50. The molecule has 0 radical (unpaired) electrons. The zero-order valence-corrected chi connectivity index (χ0v) is 14.7. The zero-order chi connectivity index (χ0) is 16.5. The summed E-state index contributed by atoms with van der Waals surface area (Å²) in [6, 6.07) is 3.55. The van der Waals surface area contributed by atoms with Crippen molar-refractivity contribution in [1.29, 1.82) is 0 Å². The second kappa shape index (κ2) is 9.48. The Labute approximate surface area is 139 Å². The Morgan fingerprint density at radius 2 is 2.05 bits per heavy atom. The number of benzene rings is 1. The summed E-state index contributed by atoms with van der Waals surface area (Å²) in [6.45, 7) is 7.59. The summed E-state index contributed by atoms with van der Waals surface area (Å²) in [5.74, 6) is 0.204. The van der Waals surface area contributed by atoms with Gasteiger partial charge in [-0.25, -0.2) is 4.79 Å². The maximum absolute atomic E-state index is 10.6. The summed E-state index contributed by atoms with van der Waals surface area (Å²) in [5, 5.41) is 8.68. The molecule has 122 valence electrons. The molecular weight excluding hydrogens is 350 g/mol. The van der Waals surface area contributed by atoms with E-state index in [-0.39, 0.29) is 0 Å². The number of carbonyl (C=O) groups is 1. The van der Waals surface area contributed by atoms with Crippen molar-refractivity contribution in [3.05, 3.63) is 28.2 Å². The van der Waals surface area contributed by atoms with Crippen molar-refractivity contribution in [2.75, 3.05) is 33.4 Å². The Kier molecular flexibility index (Phi) is 7.98. The van der Waals surface area contributed by atoms with Crippen LogP contribution in [-0.2, 0) is 4.79 Å². The molecule has 0 saturated heterocycles. The minimum Gasteiger partial charge on any atom is -0.493 e. The zero-order valence-electron chi connectivity index (χ0n) is 13.1. The Bertz CT molecular complexity index is 527. The smallest absolute Gasteiger partial charge is 0.328 e. The molecule has 1 aromatic rings. The molecule has 0 amide bonds. The Morgan fingerprint density at radius 3 is 2.59 bits per heavy atom. The van der Waals surface area contributed by atoms with Crippen LogP contribution < -0.4 is 9.47 Å². The minimum atomic E-state index is -0.991. The molecule has 0 aromatic heterocycles. The van der Waals surface area contributed by atoms with E-state index in [0.717, 1.165) is 35.7 Å². The van der Waals surface area contributed by atoms with Gasteiger partial charge in [0, 0.05) is 12.6 Å². The number of hydrogen-bond acceptors (Lipinski definition) is 4. The average molecular weight is 372 g/mol. The van der Waals surface area contributed by atoms with E-state index in [0.29, 0.717) is 18.1 Å². The van der Waals surface area contributed by atoms with E-state index in [9.17, 15) is 4.79 Å². The largest absolute Gasteiger partial charge is 0.493 e. The molecule has 1 rings (SSSR count). The molecule has 0 bridgehead atoms. The van der Waals surface area contributed by atoms with Gasteiger partial charge < -0.3 is 19.5 Å². The molecule has 0 unspecified atom stereocenters. The highest BCUT2D eigenvalue weighted by atomic mass is 79.9. The van der Waals surface area contributed by atoms with Crippen LogP contribution in [0.25, 0.3) is 6.08 Å². The monoisotopic (exact) mass is 371 g/mol. The van der Waals surface area contributed by atoms with Crippen LogP contribution in [0.2, 0.25) is 0 Å². The van der Waals surface area contributed by atoms with Gasteiger partial charge in [0.1, 0.15) is 6.61 Å². The van der Waals surface area contributed by atoms with E-state index < -0.39 is 5.97 Å². The van der Waals surface area contributed by atoms with Gasteiger partial charge in [-0.2, -0.15) is 0 Å². The van der Waals surface area contributed by atoms with Gasteiger partial charge in [-0.15, -0.1) is 0 Å². The fourth-order valence-electron chi connectivity index (χ4n) is 1.96. The fourth-order valence-corrected chi connectivity index (χ4v) is 2.53. The predicted octanol–water partition coefficient (Wildman–Crippen LogP) is 3.28. The summed E-state index contributed by atoms with van der Waals surface area (Å²) >= 11 is 3.45. The summed E-state index contributed by atoms with van der Waals surface area (Å²) in [5.41, 5.74) is 0.724. The normalized spacial score (nSPS) is 11.1. The highest BCUT2D eigenvalue weighted by molar-refractivity contribution is 9.10. The molecule has 0 aliphatic carbocycles. The molecule has 0 fully saturated rings. The number of methoxy groups -OCH3 is 1. The van der Waals surface area contributed by atoms with Gasteiger partial charge in [-0.3, -0.25) is 0 Å². The molecule has 0 aliphatic heterocycles. The number of nitrogens with zero attached hydrogens (tertiary/aromatic N) is 1. The number of rotatable bonds is 9. The van der Waals surface area contributed by atoms with Crippen LogP contribution in [0.5, 0.6) is 11.5 Å². The van der Waals surface area contributed by atoms with Gasteiger partial charge in [-0.1, -0.05) is 13.8 Å². The van der Waals surface area contributed by atoms with Crippen LogP contribution in [0.15, 0.2) is 22.7 Å². The van der Waals surface area contributed by atoms with Gasteiger partial charge in [0.15, 0.2) is 11.5 Å². The van der Waals surface area contributed by atoms with Crippen LogP contribution in [0.4, 0.5) is 0 Å². The lowest BCUT2D eigenvalue weighted by atomic mass is 10.2. The van der Waals surface area contributed by atoms with Crippen molar-refractivity contribution >= 4 is 28.0 Å². The third-order valence-electron chi connectivity index (χ3n) is 3.22. The maximum atomic E-state index is 10.6. The Morgan fingerprint density at radius 1 is 1.36 bits per heavy atom. The van der Waals surface area contributed by atoms with Crippen molar-refractivity contribution in [1.82, 2.24) is 4.90 Å². The Hall–Kier alpha value is -1.53. The maximum Gasteiger partial charge on any atom is 0.328 e. The molecular formula is C16H22BrNO4. The molecule has 22 heavy (non-hydrogen) atoms. The molecule has 0 spiro atoms. The van der Waals surface area contributed by atoms with Gasteiger partial charge >= 0.3 is 5.97 Å². The molecule has 0 heterocycles. The van der Waals surface area contributed by atoms with Crippen molar-refractivity contribution < 1.29 is 19.4 Å². The van der Waals surface area contributed by atoms with Crippen LogP contribution >= 0.6 is 15.9 Å². The first-order valence-corrected chi connectivity index (χ1v) is 7.94. The molecule has 0 atom stereocenters. The second-order valence-corrected chi connectivity index (χ2v) is 5.44. The molecule has 1 aromatic carbocycles. The van der Waals surface area contributed by atoms with E-state index in [1.807, 2.05) is 0 Å². The van der Waals surface area contributed by atoms with E-state index in [2.05, 4.69) is 34.7 Å². The highest BCUT2D eigenvalue weighted by Gasteiger charge is 2.11. The highest BCUT2D eigenvalue weighted by Crippen LogP contribution is 2.37. The van der Waals surface area contributed by atoms with Crippen LogP contribution in [0, 0.1) is 0 Å². The summed E-state index contributed by atoms with van der Waals surface area (Å²) in [6.07, 6.45) is 2.59. The first-order chi connectivity index (χ1) is 10.5. The van der Waals surface area contributed by atoms with Crippen LogP contribution in [0.3, 0.4) is 0 Å². The topological polar surface area (TPSA) is 59.0 Å². The SMILES string of the molecule is CCN(CC)CCOc1c(Br)cc(/C=C/C(=O)O)cc1OC. The lowest BCUT2D eigenvalue weighted by Gasteiger charge is -2.19. The molecule has 5 nitrogen and oxygen atoms in total. The lowest BCUT2D eigenvalue weighted by molar-refractivity contribution is -0.131. The first-order valence-electron chi connectivity index (χ1n) is 7.15. The van der Waals surface area contributed by atoms with E-state index in [4.69, 9.17) is 14.6 Å². The molecule has 0 saturated carbocycles. The summed E-state index contributed by atoms with van der Waals surface area (Å²) < 4.78 is 11.9. The quantitative estimate of drug-likeness (QED) is 0.675. The third-order valence-corrected chi connectivity index (χ3v) is 3.81. The van der Waals surface area contributed by atoms with Crippen molar-refractivity contribution in [3.63, 3.8) is 0 Å². The van der Waals surface area contributed by atoms with Gasteiger partial charge in [0.25, 0.3) is 0 Å². The van der Waals surface area contributed by atoms with Crippen molar-refractivity contribution in [2.45, 2.75) is 13.8 Å².